The lowest BCUT2D eigenvalue weighted by atomic mass is 9.76. The summed E-state index contributed by atoms with van der Waals surface area (Å²) in [5.41, 5.74) is 1.35. The Balaban J connectivity index is 1.38. The molecular weight excluding hydrogens is 412 g/mol. The van der Waals surface area contributed by atoms with Crippen molar-refractivity contribution in [1.82, 2.24) is 10.2 Å². The number of nitrogens with zero attached hydrogens (tertiary/aromatic N) is 1. The predicted molar refractivity (Wildman–Crippen MR) is 120 cm³/mol. The largest absolute Gasteiger partial charge is 0.331 e. The van der Waals surface area contributed by atoms with Crippen molar-refractivity contribution in [3.05, 3.63) is 65.2 Å². The number of rotatable bonds is 7. The van der Waals surface area contributed by atoms with Gasteiger partial charge in [0.25, 0.3) is 0 Å². The van der Waals surface area contributed by atoms with Crippen molar-refractivity contribution >= 4 is 17.5 Å². The lowest BCUT2D eigenvalue weighted by Gasteiger charge is -2.46. The van der Waals surface area contributed by atoms with Crippen molar-refractivity contribution < 1.29 is 18.4 Å². The van der Waals surface area contributed by atoms with Gasteiger partial charge in [-0.1, -0.05) is 18.2 Å². The molecular formula is C25H29F2N3O2. The van der Waals surface area contributed by atoms with Crippen LogP contribution in [0.3, 0.4) is 0 Å². The third kappa shape index (κ3) is 5.15. The van der Waals surface area contributed by atoms with Gasteiger partial charge in [-0.15, -0.1) is 0 Å². The third-order valence-corrected chi connectivity index (χ3v) is 6.69. The van der Waals surface area contributed by atoms with E-state index in [0.29, 0.717) is 29.8 Å². The molecule has 2 amide bonds. The molecule has 2 N–H and O–H groups in total. The Morgan fingerprint density at radius 2 is 1.94 bits per heavy atom. The standard InChI is InChI=1S/C25H29F2N3O2/c1-17(31)18-5-2-6-21(13-18)28-24(32)29-25(10-4-11-25)16-30-12-3-7-22(30)14-19-8-9-20(26)15-23(19)27/h2,5-6,8-9,13,15,22H,3-4,7,10-12,14,16H2,1H3,(H2,28,29,32). The van der Waals surface area contributed by atoms with Gasteiger partial charge >= 0.3 is 6.03 Å². The number of hydrogen-bond donors (Lipinski definition) is 2. The Bertz CT molecular complexity index is 1010. The van der Waals surface area contributed by atoms with Gasteiger partial charge in [-0.2, -0.15) is 0 Å². The van der Waals surface area contributed by atoms with E-state index in [0.717, 1.165) is 44.7 Å². The summed E-state index contributed by atoms with van der Waals surface area (Å²) in [6.45, 7) is 3.10. The molecule has 0 radical (unpaired) electrons. The summed E-state index contributed by atoms with van der Waals surface area (Å²) in [5.74, 6) is -1.12. The van der Waals surface area contributed by atoms with E-state index in [1.807, 2.05) is 0 Å². The molecule has 1 aliphatic carbocycles. The van der Waals surface area contributed by atoms with Crippen molar-refractivity contribution in [3.8, 4) is 0 Å². The van der Waals surface area contributed by atoms with Crippen LogP contribution < -0.4 is 10.6 Å². The third-order valence-electron chi connectivity index (χ3n) is 6.69. The minimum Gasteiger partial charge on any atom is -0.331 e. The number of carbonyl (C=O) groups is 2. The fraction of sp³-hybridized carbons (Fsp3) is 0.440. The highest BCUT2D eigenvalue weighted by Crippen LogP contribution is 2.35. The zero-order valence-electron chi connectivity index (χ0n) is 18.3. The van der Waals surface area contributed by atoms with Gasteiger partial charge in [0, 0.05) is 29.9 Å². The van der Waals surface area contributed by atoms with E-state index in [2.05, 4.69) is 15.5 Å². The van der Waals surface area contributed by atoms with Crippen LogP contribution in [0.15, 0.2) is 42.5 Å². The van der Waals surface area contributed by atoms with E-state index in [9.17, 15) is 18.4 Å². The van der Waals surface area contributed by atoms with Gasteiger partial charge in [-0.3, -0.25) is 9.69 Å². The second kappa shape index (κ2) is 9.36. The Morgan fingerprint density at radius 1 is 1.12 bits per heavy atom. The average molecular weight is 442 g/mol. The Hall–Kier alpha value is -2.80. The number of carbonyl (C=O) groups excluding carboxylic acids is 2. The molecule has 5 nitrogen and oxygen atoms in total. The average Bonchev–Trinajstić information content (AvgIpc) is 3.15. The molecule has 1 heterocycles. The topological polar surface area (TPSA) is 61.4 Å². The molecule has 2 aromatic carbocycles. The summed E-state index contributed by atoms with van der Waals surface area (Å²) in [4.78, 5) is 26.6. The van der Waals surface area contributed by atoms with Crippen LogP contribution in [-0.4, -0.2) is 41.4 Å². The second-order valence-corrected chi connectivity index (χ2v) is 9.06. The molecule has 1 unspecified atom stereocenters. The van der Waals surface area contributed by atoms with E-state index in [4.69, 9.17) is 0 Å². The monoisotopic (exact) mass is 441 g/mol. The molecule has 32 heavy (non-hydrogen) atoms. The number of Topliss-reactive ketones (excluding diaryl/α,β-unsaturated/α-hetero) is 1. The van der Waals surface area contributed by atoms with Gasteiger partial charge in [0.05, 0.1) is 5.54 Å². The zero-order valence-corrected chi connectivity index (χ0v) is 18.3. The lowest BCUT2D eigenvalue weighted by Crippen LogP contribution is -2.61. The summed E-state index contributed by atoms with van der Waals surface area (Å²) in [5, 5.41) is 6.00. The minimum atomic E-state index is -0.563. The maximum atomic E-state index is 14.2. The summed E-state index contributed by atoms with van der Waals surface area (Å²) < 4.78 is 27.4. The smallest absolute Gasteiger partial charge is 0.319 e. The maximum absolute atomic E-state index is 14.2. The number of anilines is 1. The number of urea groups is 1. The van der Waals surface area contributed by atoms with Gasteiger partial charge in [0.1, 0.15) is 11.6 Å². The van der Waals surface area contributed by atoms with E-state index >= 15 is 0 Å². The van der Waals surface area contributed by atoms with Crippen molar-refractivity contribution in [2.75, 3.05) is 18.4 Å². The molecule has 7 heteroatoms. The highest BCUT2D eigenvalue weighted by atomic mass is 19.1. The molecule has 0 aromatic heterocycles. The first-order valence-electron chi connectivity index (χ1n) is 11.2. The molecule has 2 aliphatic rings. The Morgan fingerprint density at radius 3 is 2.62 bits per heavy atom. The van der Waals surface area contributed by atoms with E-state index < -0.39 is 11.6 Å². The van der Waals surface area contributed by atoms with Gasteiger partial charge < -0.3 is 10.6 Å². The maximum Gasteiger partial charge on any atom is 0.319 e. The summed E-state index contributed by atoms with van der Waals surface area (Å²) in [7, 11) is 0. The number of benzene rings is 2. The predicted octanol–water partition coefficient (Wildman–Crippen LogP) is 4.92. The first-order chi connectivity index (χ1) is 15.3. The number of amides is 2. The number of halogens is 2. The minimum absolute atomic E-state index is 0.0535. The van der Waals surface area contributed by atoms with Crippen LogP contribution in [0.1, 0.15) is 54.9 Å². The first kappa shape index (κ1) is 22.4. The van der Waals surface area contributed by atoms with Crippen molar-refractivity contribution in [3.63, 3.8) is 0 Å². The highest BCUT2D eigenvalue weighted by Gasteiger charge is 2.42. The molecule has 0 spiro atoms. The van der Waals surface area contributed by atoms with E-state index in [1.54, 1.807) is 24.3 Å². The number of nitrogens with one attached hydrogen (secondary N) is 2. The van der Waals surface area contributed by atoms with Crippen LogP contribution in [-0.2, 0) is 6.42 Å². The Labute approximate surface area is 187 Å². The number of hydrogen-bond acceptors (Lipinski definition) is 3. The molecule has 2 aromatic rings. The van der Waals surface area contributed by atoms with Crippen LogP contribution in [0.5, 0.6) is 0 Å². The fourth-order valence-corrected chi connectivity index (χ4v) is 4.81. The molecule has 1 saturated heterocycles. The first-order valence-corrected chi connectivity index (χ1v) is 11.2. The quantitative estimate of drug-likeness (QED) is 0.600. The molecule has 0 bridgehead atoms. The molecule has 2 fully saturated rings. The highest BCUT2D eigenvalue weighted by molar-refractivity contribution is 5.96. The van der Waals surface area contributed by atoms with Crippen LogP contribution in [0, 0.1) is 11.6 Å². The lowest BCUT2D eigenvalue weighted by molar-refractivity contribution is 0.101. The normalized spacial score (nSPS) is 19.9. The molecule has 170 valence electrons. The van der Waals surface area contributed by atoms with Crippen molar-refractivity contribution in [2.24, 2.45) is 0 Å². The van der Waals surface area contributed by atoms with Gasteiger partial charge in [0.15, 0.2) is 5.78 Å². The van der Waals surface area contributed by atoms with E-state index in [1.165, 1.54) is 19.1 Å². The van der Waals surface area contributed by atoms with E-state index in [-0.39, 0.29) is 23.4 Å². The van der Waals surface area contributed by atoms with Gasteiger partial charge in [-0.05, 0) is 75.8 Å². The van der Waals surface area contributed by atoms with Crippen LogP contribution in [0.2, 0.25) is 0 Å². The second-order valence-electron chi connectivity index (χ2n) is 9.06. The van der Waals surface area contributed by atoms with Crippen LogP contribution >= 0.6 is 0 Å². The molecule has 1 atom stereocenters. The van der Waals surface area contributed by atoms with Gasteiger partial charge in [-0.25, -0.2) is 13.6 Å². The summed E-state index contributed by atoms with van der Waals surface area (Å²) in [6, 6.07) is 10.5. The number of ketones is 1. The SMILES string of the molecule is CC(=O)c1cccc(NC(=O)NC2(CN3CCCC3Cc3ccc(F)cc3F)CCC2)c1. The summed E-state index contributed by atoms with van der Waals surface area (Å²) >= 11 is 0. The van der Waals surface area contributed by atoms with Crippen LogP contribution in [0.4, 0.5) is 19.3 Å². The summed E-state index contributed by atoms with van der Waals surface area (Å²) in [6.07, 6.45) is 5.34. The van der Waals surface area contributed by atoms with Crippen LogP contribution in [0.25, 0.3) is 0 Å². The Kier molecular flexibility index (Phi) is 6.55. The molecule has 1 saturated carbocycles. The van der Waals surface area contributed by atoms with Crippen molar-refractivity contribution in [1.29, 1.82) is 0 Å². The number of likely N-dealkylation sites (tertiary alicyclic amines) is 1. The van der Waals surface area contributed by atoms with Gasteiger partial charge in [0.2, 0.25) is 0 Å². The molecule has 4 rings (SSSR count). The molecule has 1 aliphatic heterocycles. The van der Waals surface area contributed by atoms with Crippen molar-refractivity contribution in [2.45, 2.75) is 57.0 Å². The zero-order chi connectivity index (χ0) is 22.7. The fourth-order valence-electron chi connectivity index (χ4n) is 4.81.